The van der Waals surface area contributed by atoms with Gasteiger partial charge in [0.15, 0.2) is 11.5 Å². The van der Waals surface area contributed by atoms with Crippen molar-refractivity contribution in [3.63, 3.8) is 0 Å². The molecule has 0 saturated carbocycles. The fraction of sp³-hybridized carbons (Fsp3) is 0.526. The summed E-state index contributed by atoms with van der Waals surface area (Å²) in [7, 11) is 0. The van der Waals surface area contributed by atoms with Crippen LogP contribution in [0.25, 0.3) is 0 Å². The van der Waals surface area contributed by atoms with Gasteiger partial charge in [0.05, 0.1) is 6.61 Å². The number of rotatable bonds is 5. The topological polar surface area (TPSA) is 61.2 Å². The SMILES string of the molecule is CCOC(=O)c1cc(C)n(CC(=O)C2=CC=C(C(C)(C)C)CC2)n1. The molecule has 24 heavy (non-hydrogen) atoms. The number of allylic oxidation sites excluding steroid dienone is 4. The molecular weight excluding hydrogens is 304 g/mol. The van der Waals surface area contributed by atoms with Gasteiger partial charge in [-0.2, -0.15) is 5.10 Å². The van der Waals surface area contributed by atoms with Crippen molar-refractivity contribution >= 4 is 11.8 Å². The molecule has 0 bridgehead atoms. The van der Waals surface area contributed by atoms with E-state index in [4.69, 9.17) is 4.74 Å². The van der Waals surface area contributed by atoms with Gasteiger partial charge in [-0.3, -0.25) is 9.48 Å². The van der Waals surface area contributed by atoms with Crippen molar-refractivity contribution in [3.05, 3.63) is 40.8 Å². The van der Waals surface area contributed by atoms with E-state index in [1.54, 1.807) is 17.7 Å². The highest BCUT2D eigenvalue weighted by molar-refractivity contribution is 5.96. The average molecular weight is 330 g/mol. The Kier molecular flexibility index (Phi) is 5.42. The van der Waals surface area contributed by atoms with Crippen LogP contribution in [-0.4, -0.2) is 28.1 Å². The molecule has 1 heterocycles. The number of nitrogens with zero attached hydrogens (tertiary/aromatic N) is 2. The van der Waals surface area contributed by atoms with Crippen LogP contribution in [0.1, 0.15) is 56.7 Å². The highest BCUT2D eigenvalue weighted by Crippen LogP contribution is 2.33. The molecule has 2 rings (SSSR count). The van der Waals surface area contributed by atoms with Crippen LogP contribution in [0.5, 0.6) is 0 Å². The molecule has 0 aliphatic heterocycles. The van der Waals surface area contributed by atoms with Crippen molar-refractivity contribution in [3.8, 4) is 0 Å². The van der Waals surface area contributed by atoms with Crippen molar-refractivity contribution in [2.24, 2.45) is 5.41 Å². The van der Waals surface area contributed by atoms with Crippen LogP contribution in [-0.2, 0) is 16.1 Å². The van der Waals surface area contributed by atoms with Gasteiger partial charge >= 0.3 is 5.97 Å². The van der Waals surface area contributed by atoms with E-state index in [1.807, 2.05) is 13.0 Å². The summed E-state index contributed by atoms with van der Waals surface area (Å²) >= 11 is 0. The molecule has 0 radical (unpaired) electrons. The molecule has 0 N–H and O–H groups in total. The second-order valence-electron chi connectivity index (χ2n) is 7.11. The zero-order valence-electron chi connectivity index (χ0n) is 15.2. The van der Waals surface area contributed by atoms with Crippen LogP contribution in [0.3, 0.4) is 0 Å². The molecule has 0 spiro atoms. The number of aromatic nitrogens is 2. The van der Waals surface area contributed by atoms with E-state index in [0.717, 1.165) is 24.1 Å². The summed E-state index contributed by atoms with van der Waals surface area (Å²) in [5.41, 5.74) is 3.33. The molecule has 5 nitrogen and oxygen atoms in total. The Morgan fingerprint density at radius 3 is 2.50 bits per heavy atom. The molecular formula is C19H26N2O3. The second-order valence-corrected chi connectivity index (χ2v) is 7.11. The lowest BCUT2D eigenvalue weighted by atomic mass is 9.80. The molecule has 1 aromatic heterocycles. The van der Waals surface area contributed by atoms with Crippen molar-refractivity contribution < 1.29 is 14.3 Å². The number of ether oxygens (including phenoxy) is 1. The molecule has 130 valence electrons. The number of ketones is 1. The third-order valence-corrected chi connectivity index (χ3v) is 4.23. The van der Waals surface area contributed by atoms with E-state index in [-0.39, 0.29) is 23.4 Å². The van der Waals surface area contributed by atoms with Gasteiger partial charge in [-0.05, 0) is 43.7 Å². The Hall–Kier alpha value is -2.17. The first-order chi connectivity index (χ1) is 11.2. The minimum absolute atomic E-state index is 0.0424. The molecule has 0 aromatic carbocycles. The maximum Gasteiger partial charge on any atom is 0.358 e. The lowest BCUT2D eigenvalue weighted by molar-refractivity contribution is -0.116. The molecule has 5 heteroatoms. The minimum atomic E-state index is -0.457. The zero-order valence-corrected chi connectivity index (χ0v) is 15.2. The first-order valence-corrected chi connectivity index (χ1v) is 8.37. The predicted molar refractivity (Wildman–Crippen MR) is 92.8 cm³/mol. The summed E-state index contributed by atoms with van der Waals surface area (Å²) in [5.74, 6) is -0.415. The molecule has 1 aliphatic carbocycles. The minimum Gasteiger partial charge on any atom is -0.461 e. The van der Waals surface area contributed by atoms with E-state index < -0.39 is 5.97 Å². The molecule has 1 aromatic rings. The second kappa shape index (κ2) is 7.16. The fourth-order valence-electron chi connectivity index (χ4n) is 2.71. The molecule has 0 unspecified atom stereocenters. The summed E-state index contributed by atoms with van der Waals surface area (Å²) < 4.78 is 6.51. The van der Waals surface area contributed by atoms with Crippen molar-refractivity contribution in [2.75, 3.05) is 6.61 Å². The lowest BCUT2D eigenvalue weighted by Crippen LogP contribution is -2.18. The average Bonchev–Trinajstić information content (AvgIpc) is 2.88. The molecule has 0 saturated heterocycles. The van der Waals surface area contributed by atoms with Crippen LogP contribution in [0.2, 0.25) is 0 Å². The molecule has 0 fully saturated rings. The molecule has 0 amide bonds. The van der Waals surface area contributed by atoms with E-state index in [1.165, 1.54) is 5.57 Å². The van der Waals surface area contributed by atoms with Gasteiger partial charge in [0, 0.05) is 5.69 Å². The first-order valence-electron chi connectivity index (χ1n) is 8.37. The van der Waals surface area contributed by atoms with Crippen molar-refractivity contribution in [1.82, 2.24) is 9.78 Å². The standard InChI is InChI=1S/C19H26N2O3/c1-6-24-18(23)16-11-13(2)21(20-16)12-17(22)14-7-9-15(10-8-14)19(3,4)5/h7,9,11H,6,8,10,12H2,1-5H3. The molecule has 1 aliphatic rings. The normalized spacial score (nSPS) is 14.9. The number of carbonyl (C=O) groups is 2. The van der Waals surface area contributed by atoms with Gasteiger partial charge in [-0.25, -0.2) is 4.79 Å². The van der Waals surface area contributed by atoms with Crippen LogP contribution in [0.15, 0.2) is 29.4 Å². The summed E-state index contributed by atoms with van der Waals surface area (Å²) in [5, 5.41) is 4.20. The third-order valence-electron chi connectivity index (χ3n) is 4.23. The fourth-order valence-corrected chi connectivity index (χ4v) is 2.71. The van der Waals surface area contributed by atoms with Crippen molar-refractivity contribution in [1.29, 1.82) is 0 Å². The van der Waals surface area contributed by atoms with Crippen molar-refractivity contribution in [2.45, 2.75) is 54.0 Å². The largest absolute Gasteiger partial charge is 0.461 e. The highest BCUT2D eigenvalue weighted by Gasteiger charge is 2.22. The number of esters is 1. The van der Waals surface area contributed by atoms with E-state index in [9.17, 15) is 9.59 Å². The Labute approximate surface area is 143 Å². The summed E-state index contributed by atoms with van der Waals surface area (Å²) in [6.07, 6.45) is 5.66. The van der Waals surface area contributed by atoms with Gasteiger partial charge in [0.25, 0.3) is 0 Å². The van der Waals surface area contributed by atoms with Crippen LogP contribution >= 0.6 is 0 Å². The third kappa shape index (κ3) is 4.22. The monoisotopic (exact) mass is 330 g/mol. The predicted octanol–water partition coefficient (Wildman–Crippen LogP) is 3.63. The van der Waals surface area contributed by atoms with E-state index in [2.05, 4.69) is 31.9 Å². The number of Topliss-reactive ketones (excluding diaryl/α,β-unsaturated/α-hetero) is 1. The number of hydrogen-bond donors (Lipinski definition) is 0. The van der Waals surface area contributed by atoms with Gasteiger partial charge < -0.3 is 4.74 Å². The number of aryl methyl sites for hydroxylation is 1. The lowest BCUT2D eigenvalue weighted by Gasteiger charge is -2.25. The van der Waals surface area contributed by atoms with Gasteiger partial charge in [0.1, 0.15) is 6.54 Å². The van der Waals surface area contributed by atoms with Gasteiger partial charge in [-0.1, -0.05) is 38.5 Å². The Morgan fingerprint density at radius 2 is 1.96 bits per heavy atom. The van der Waals surface area contributed by atoms with Crippen LogP contribution < -0.4 is 0 Å². The van der Waals surface area contributed by atoms with Crippen LogP contribution in [0, 0.1) is 12.3 Å². The van der Waals surface area contributed by atoms with E-state index in [0.29, 0.717) is 6.61 Å². The Morgan fingerprint density at radius 1 is 1.25 bits per heavy atom. The van der Waals surface area contributed by atoms with Gasteiger partial charge in [0.2, 0.25) is 0 Å². The molecule has 0 atom stereocenters. The Balaban J connectivity index is 2.10. The quantitative estimate of drug-likeness (QED) is 0.774. The smallest absolute Gasteiger partial charge is 0.358 e. The summed E-state index contributed by atoms with van der Waals surface area (Å²) in [4.78, 5) is 24.2. The number of carbonyl (C=O) groups excluding carboxylic acids is 2. The summed E-state index contributed by atoms with van der Waals surface area (Å²) in [6.45, 7) is 10.6. The summed E-state index contributed by atoms with van der Waals surface area (Å²) in [6, 6.07) is 1.65. The maximum atomic E-state index is 12.5. The zero-order chi connectivity index (χ0) is 17.9. The number of hydrogen-bond acceptors (Lipinski definition) is 4. The van der Waals surface area contributed by atoms with Gasteiger partial charge in [-0.15, -0.1) is 0 Å². The first kappa shape index (κ1) is 18.2. The Bertz CT molecular complexity index is 703. The van der Waals surface area contributed by atoms with E-state index >= 15 is 0 Å². The highest BCUT2D eigenvalue weighted by atomic mass is 16.5. The maximum absolute atomic E-state index is 12.5. The van der Waals surface area contributed by atoms with Crippen LogP contribution in [0.4, 0.5) is 0 Å².